The number of methoxy groups -OCH3 is 1. The number of hydrogen-bond donors (Lipinski definition) is 1. The quantitative estimate of drug-likeness (QED) is 0.503. The Morgan fingerprint density at radius 3 is 2.52 bits per heavy atom. The van der Waals surface area contributed by atoms with E-state index in [9.17, 15) is 14.4 Å². The second kappa shape index (κ2) is 7.03. The van der Waals surface area contributed by atoms with Crippen molar-refractivity contribution < 1.29 is 14.3 Å². The molecule has 31 heavy (non-hydrogen) atoms. The summed E-state index contributed by atoms with van der Waals surface area (Å²) in [5, 5.41) is 4.34. The molecule has 0 radical (unpaired) electrons. The van der Waals surface area contributed by atoms with Crippen LogP contribution in [0.4, 0.5) is 5.69 Å². The van der Waals surface area contributed by atoms with E-state index in [4.69, 9.17) is 10.5 Å². The van der Waals surface area contributed by atoms with Crippen molar-refractivity contribution in [1.82, 2.24) is 14.6 Å². The molecule has 4 aromatic rings. The number of thiazole rings is 1. The number of nitrogens with two attached hydrogens (primary N) is 1. The molecule has 0 atom stereocenters. The number of amides is 2. The van der Waals surface area contributed by atoms with Gasteiger partial charge in [-0.2, -0.15) is 9.50 Å². The van der Waals surface area contributed by atoms with Crippen molar-refractivity contribution in [1.29, 1.82) is 0 Å². The third-order valence-corrected chi connectivity index (χ3v) is 6.00. The van der Waals surface area contributed by atoms with Gasteiger partial charge in [-0.15, -0.1) is 5.10 Å². The van der Waals surface area contributed by atoms with Crippen LogP contribution in [0.5, 0.6) is 5.75 Å². The number of fused-ring (bicyclic) bond motifs is 2. The van der Waals surface area contributed by atoms with Crippen LogP contribution in [0.15, 0.2) is 53.3 Å². The van der Waals surface area contributed by atoms with Crippen LogP contribution in [-0.2, 0) is 9.59 Å². The minimum atomic E-state index is -0.643. The Bertz CT molecular complexity index is 1490. The molecule has 1 aliphatic rings. The largest absolute Gasteiger partial charge is 0.496 e. The van der Waals surface area contributed by atoms with Gasteiger partial charge < -0.3 is 10.5 Å². The van der Waals surface area contributed by atoms with E-state index < -0.39 is 17.4 Å². The van der Waals surface area contributed by atoms with E-state index in [1.165, 1.54) is 9.42 Å². The van der Waals surface area contributed by atoms with E-state index >= 15 is 0 Å². The molecule has 9 nitrogen and oxygen atoms in total. The van der Waals surface area contributed by atoms with Gasteiger partial charge in [0.15, 0.2) is 5.82 Å². The van der Waals surface area contributed by atoms with Gasteiger partial charge in [0.1, 0.15) is 16.8 Å². The molecule has 10 heteroatoms. The van der Waals surface area contributed by atoms with Gasteiger partial charge in [-0.3, -0.25) is 19.3 Å². The summed E-state index contributed by atoms with van der Waals surface area (Å²) in [7, 11) is 1.55. The SMILES string of the molecule is COc1ccccc1-c1nc2sc(=C3C(=O)N(CC(N)=O)c4ccccc43)c(=O)n2n1. The van der Waals surface area contributed by atoms with Crippen LogP contribution in [0.2, 0.25) is 0 Å². The molecule has 0 saturated carbocycles. The molecule has 0 aliphatic carbocycles. The normalized spacial score (nSPS) is 14.9. The Labute approximate surface area is 179 Å². The van der Waals surface area contributed by atoms with E-state index in [0.717, 1.165) is 11.3 Å². The molecule has 5 rings (SSSR count). The van der Waals surface area contributed by atoms with E-state index in [2.05, 4.69) is 10.1 Å². The monoisotopic (exact) mass is 433 g/mol. The van der Waals surface area contributed by atoms with Crippen molar-refractivity contribution >= 4 is 39.4 Å². The summed E-state index contributed by atoms with van der Waals surface area (Å²) < 4.78 is 6.74. The fourth-order valence-electron chi connectivity index (χ4n) is 3.64. The Kier molecular flexibility index (Phi) is 4.29. The van der Waals surface area contributed by atoms with Crippen LogP contribution in [-0.4, -0.2) is 40.1 Å². The van der Waals surface area contributed by atoms with Crippen molar-refractivity contribution in [3.8, 4) is 17.1 Å². The van der Waals surface area contributed by atoms with Crippen LogP contribution < -0.4 is 25.5 Å². The molecular formula is C21H15N5O4S. The number of rotatable bonds is 4. The van der Waals surface area contributed by atoms with Crippen molar-refractivity contribution in [2.24, 2.45) is 5.73 Å². The summed E-state index contributed by atoms with van der Waals surface area (Å²) in [5.74, 6) is -0.155. The Balaban J connectivity index is 1.72. The van der Waals surface area contributed by atoms with E-state index in [-0.39, 0.29) is 16.7 Å². The summed E-state index contributed by atoms with van der Waals surface area (Å²) >= 11 is 1.07. The lowest BCUT2D eigenvalue weighted by Gasteiger charge is -2.14. The first-order valence-corrected chi connectivity index (χ1v) is 10.1. The smallest absolute Gasteiger partial charge is 0.291 e. The Hall–Kier alpha value is -4.05. The number of primary amides is 1. The molecule has 154 valence electrons. The first kappa shape index (κ1) is 18.9. The van der Waals surface area contributed by atoms with Gasteiger partial charge in [-0.25, -0.2) is 0 Å². The summed E-state index contributed by atoms with van der Waals surface area (Å²) in [6.07, 6.45) is 0. The minimum Gasteiger partial charge on any atom is -0.496 e. The zero-order valence-corrected chi connectivity index (χ0v) is 17.0. The van der Waals surface area contributed by atoms with Gasteiger partial charge in [0.2, 0.25) is 10.9 Å². The minimum absolute atomic E-state index is 0.214. The second-order valence-electron chi connectivity index (χ2n) is 6.82. The number of ether oxygens (including phenoxy) is 1. The van der Waals surface area contributed by atoms with Gasteiger partial charge in [0, 0.05) is 5.56 Å². The molecule has 3 heterocycles. The Morgan fingerprint density at radius 1 is 1.10 bits per heavy atom. The summed E-state index contributed by atoms with van der Waals surface area (Å²) in [4.78, 5) is 43.8. The number of para-hydroxylation sites is 2. The maximum atomic E-state index is 13.2. The molecule has 0 spiro atoms. The number of hydrogen-bond acceptors (Lipinski definition) is 7. The van der Waals surface area contributed by atoms with Crippen LogP contribution in [0.1, 0.15) is 5.56 Å². The fraction of sp³-hybridized carbons (Fsp3) is 0.0952. The summed E-state index contributed by atoms with van der Waals surface area (Å²) in [6, 6.07) is 14.2. The lowest BCUT2D eigenvalue weighted by Crippen LogP contribution is -2.37. The fourth-order valence-corrected chi connectivity index (χ4v) is 4.64. The predicted molar refractivity (Wildman–Crippen MR) is 115 cm³/mol. The maximum Gasteiger partial charge on any atom is 0.291 e. The number of nitrogens with zero attached hydrogens (tertiary/aromatic N) is 4. The molecule has 1 aliphatic heterocycles. The molecule has 0 unspecified atom stereocenters. The van der Waals surface area contributed by atoms with Crippen molar-refractivity contribution in [3.63, 3.8) is 0 Å². The topological polar surface area (TPSA) is 120 Å². The van der Waals surface area contributed by atoms with E-state index in [1.54, 1.807) is 43.5 Å². The highest BCUT2D eigenvalue weighted by molar-refractivity contribution is 7.15. The first-order valence-electron chi connectivity index (χ1n) is 9.26. The number of carbonyl (C=O) groups excluding carboxylic acids is 2. The molecule has 2 aromatic carbocycles. The van der Waals surface area contributed by atoms with Gasteiger partial charge >= 0.3 is 0 Å². The standard InChI is InChI=1S/C21H15N5O4S/c1-30-14-9-5-3-7-12(14)18-23-21-26(24-18)20(29)17(31-21)16-11-6-2-4-8-13(11)25(19(16)28)10-15(22)27/h2-9H,10H2,1H3,(H2,22,27). The van der Waals surface area contributed by atoms with Crippen molar-refractivity contribution in [3.05, 3.63) is 69.0 Å². The second-order valence-corrected chi connectivity index (χ2v) is 7.79. The van der Waals surface area contributed by atoms with Gasteiger partial charge in [-0.05, 0) is 18.2 Å². The molecule has 2 aromatic heterocycles. The average molecular weight is 433 g/mol. The molecule has 0 bridgehead atoms. The molecular weight excluding hydrogens is 418 g/mol. The zero-order chi connectivity index (χ0) is 21.7. The number of benzene rings is 2. The number of aromatic nitrogens is 3. The summed E-state index contributed by atoms with van der Waals surface area (Å²) in [6.45, 7) is -0.272. The highest BCUT2D eigenvalue weighted by Crippen LogP contribution is 2.35. The third-order valence-electron chi connectivity index (χ3n) is 4.97. The maximum absolute atomic E-state index is 13.2. The lowest BCUT2D eigenvalue weighted by atomic mass is 10.1. The average Bonchev–Trinajstić information content (AvgIpc) is 3.39. The van der Waals surface area contributed by atoms with Crippen molar-refractivity contribution in [2.45, 2.75) is 0 Å². The van der Waals surface area contributed by atoms with Crippen molar-refractivity contribution in [2.75, 3.05) is 18.6 Å². The molecule has 0 fully saturated rings. The van der Waals surface area contributed by atoms with Crippen LogP contribution in [0.3, 0.4) is 0 Å². The van der Waals surface area contributed by atoms with E-state index in [0.29, 0.717) is 33.3 Å². The Morgan fingerprint density at radius 2 is 1.81 bits per heavy atom. The number of carbonyl (C=O) groups is 2. The molecule has 2 N–H and O–H groups in total. The summed E-state index contributed by atoms with van der Waals surface area (Å²) in [5.41, 5.74) is 6.84. The molecule has 0 saturated heterocycles. The zero-order valence-electron chi connectivity index (χ0n) is 16.2. The van der Waals surface area contributed by atoms with Crippen LogP contribution in [0, 0.1) is 0 Å². The highest BCUT2D eigenvalue weighted by Gasteiger charge is 2.35. The van der Waals surface area contributed by atoms with Crippen LogP contribution in [0.25, 0.3) is 21.9 Å². The van der Waals surface area contributed by atoms with E-state index in [1.807, 2.05) is 12.1 Å². The third kappa shape index (κ3) is 2.88. The molecule has 2 amide bonds. The van der Waals surface area contributed by atoms with Crippen LogP contribution >= 0.6 is 11.3 Å². The van der Waals surface area contributed by atoms with Gasteiger partial charge in [0.25, 0.3) is 11.5 Å². The van der Waals surface area contributed by atoms with Gasteiger partial charge in [-0.1, -0.05) is 41.7 Å². The first-order chi connectivity index (χ1) is 15.0. The number of anilines is 1. The lowest BCUT2D eigenvalue weighted by molar-refractivity contribution is -0.119. The van der Waals surface area contributed by atoms with Gasteiger partial charge in [0.05, 0.1) is 23.9 Å². The predicted octanol–water partition coefficient (Wildman–Crippen LogP) is 0.576. The highest BCUT2D eigenvalue weighted by atomic mass is 32.1.